The predicted octanol–water partition coefficient (Wildman–Crippen LogP) is 4.22. The first-order valence-corrected chi connectivity index (χ1v) is 7.09. The van der Waals surface area contributed by atoms with Gasteiger partial charge in [0.25, 0.3) is 0 Å². The van der Waals surface area contributed by atoms with Crippen molar-refractivity contribution in [3.63, 3.8) is 0 Å². The Labute approximate surface area is 119 Å². The molecule has 1 aliphatic rings. The number of nitrogens with one attached hydrogen (secondary N) is 1. The van der Waals surface area contributed by atoms with E-state index in [4.69, 9.17) is 0 Å². The second-order valence-corrected chi connectivity index (χ2v) is 5.58. The van der Waals surface area contributed by atoms with Gasteiger partial charge in [-0.15, -0.1) is 0 Å². The number of hydrogen-bond donors (Lipinski definition) is 1. The summed E-state index contributed by atoms with van der Waals surface area (Å²) in [7, 11) is 0. The lowest BCUT2D eigenvalue weighted by atomic mass is 10.1. The average Bonchev–Trinajstić information content (AvgIpc) is 2.93. The van der Waals surface area contributed by atoms with Crippen LogP contribution in [0.25, 0.3) is 0 Å². The van der Waals surface area contributed by atoms with Crippen LogP contribution >= 0.6 is 11.8 Å². The molecule has 0 amide bonds. The first-order chi connectivity index (χ1) is 9.74. The van der Waals surface area contributed by atoms with Crippen molar-refractivity contribution in [1.29, 1.82) is 0 Å². The fraction of sp³-hybridized carbons (Fsp3) is 0.133. The third-order valence-electron chi connectivity index (χ3n) is 3.02. The van der Waals surface area contributed by atoms with Crippen LogP contribution < -0.4 is 5.32 Å². The van der Waals surface area contributed by atoms with E-state index in [-0.39, 0.29) is 10.9 Å². The van der Waals surface area contributed by atoms with Crippen molar-refractivity contribution in [1.82, 2.24) is 0 Å². The molecular formula is C15H12F2N2S. The number of thioether (sulfide) groups is 1. The number of rotatable bonds is 2. The van der Waals surface area contributed by atoms with Crippen molar-refractivity contribution in [2.75, 3.05) is 11.9 Å². The van der Waals surface area contributed by atoms with Crippen LogP contribution in [-0.2, 0) is 0 Å². The maximum Gasteiger partial charge on any atom is 0.161 e. The van der Waals surface area contributed by atoms with Gasteiger partial charge in [-0.1, -0.05) is 48.2 Å². The summed E-state index contributed by atoms with van der Waals surface area (Å²) in [6, 6.07) is 13.7. The summed E-state index contributed by atoms with van der Waals surface area (Å²) in [6.07, 6.45) is 0. The Hall–Kier alpha value is -1.88. The van der Waals surface area contributed by atoms with Crippen molar-refractivity contribution in [2.24, 2.45) is 4.99 Å². The van der Waals surface area contributed by atoms with E-state index in [1.165, 1.54) is 30.0 Å². The highest BCUT2D eigenvalue weighted by Gasteiger charge is 2.22. The van der Waals surface area contributed by atoms with Gasteiger partial charge in [0, 0.05) is 0 Å². The lowest BCUT2D eigenvalue weighted by molar-refractivity contribution is 0.591. The maximum atomic E-state index is 13.6. The highest BCUT2D eigenvalue weighted by atomic mass is 32.2. The van der Waals surface area contributed by atoms with E-state index in [2.05, 4.69) is 10.3 Å². The molecule has 2 nitrogen and oxygen atoms in total. The summed E-state index contributed by atoms with van der Waals surface area (Å²) in [4.78, 5) is 4.31. The zero-order chi connectivity index (χ0) is 13.9. The van der Waals surface area contributed by atoms with Crippen molar-refractivity contribution in [3.8, 4) is 0 Å². The second-order valence-electron chi connectivity index (χ2n) is 4.38. The minimum Gasteiger partial charge on any atom is -0.330 e. The van der Waals surface area contributed by atoms with Crippen LogP contribution in [0.2, 0.25) is 0 Å². The smallest absolute Gasteiger partial charge is 0.161 e. The molecule has 102 valence electrons. The molecule has 0 saturated carbocycles. The number of benzene rings is 2. The number of nitrogens with zero attached hydrogens (tertiary/aromatic N) is 1. The van der Waals surface area contributed by atoms with E-state index < -0.39 is 11.6 Å². The molecule has 5 heteroatoms. The Morgan fingerprint density at radius 3 is 2.40 bits per heavy atom. The molecule has 2 aromatic carbocycles. The second kappa shape index (κ2) is 5.63. The zero-order valence-corrected chi connectivity index (χ0v) is 11.3. The summed E-state index contributed by atoms with van der Waals surface area (Å²) in [5.74, 6) is -1.23. The summed E-state index contributed by atoms with van der Waals surface area (Å²) >= 11 is 1.48. The molecule has 20 heavy (non-hydrogen) atoms. The van der Waals surface area contributed by atoms with Gasteiger partial charge in [-0.25, -0.2) is 8.78 Å². The van der Waals surface area contributed by atoms with E-state index in [0.29, 0.717) is 11.7 Å². The molecule has 0 aromatic heterocycles. The van der Waals surface area contributed by atoms with Crippen LogP contribution in [0.1, 0.15) is 10.8 Å². The molecule has 0 fully saturated rings. The van der Waals surface area contributed by atoms with Gasteiger partial charge in [-0.05, 0) is 17.7 Å². The quantitative estimate of drug-likeness (QED) is 0.895. The molecule has 0 spiro atoms. The van der Waals surface area contributed by atoms with Crippen molar-refractivity contribution in [3.05, 3.63) is 65.7 Å². The topological polar surface area (TPSA) is 24.4 Å². The molecular weight excluding hydrogens is 278 g/mol. The fourth-order valence-electron chi connectivity index (χ4n) is 2.01. The minimum atomic E-state index is -0.614. The molecule has 0 bridgehead atoms. The van der Waals surface area contributed by atoms with Crippen molar-refractivity contribution in [2.45, 2.75) is 5.25 Å². The number of anilines is 1. The van der Waals surface area contributed by atoms with Crippen LogP contribution in [0.5, 0.6) is 0 Å². The van der Waals surface area contributed by atoms with Gasteiger partial charge in [-0.2, -0.15) is 0 Å². The van der Waals surface area contributed by atoms with Crippen LogP contribution in [0.15, 0.2) is 53.5 Å². The van der Waals surface area contributed by atoms with E-state index in [1.54, 1.807) is 0 Å². The van der Waals surface area contributed by atoms with E-state index in [9.17, 15) is 8.78 Å². The number of halogens is 2. The van der Waals surface area contributed by atoms with Crippen molar-refractivity contribution >= 4 is 22.6 Å². The SMILES string of the molecule is Fc1cccc(F)c1NC1=NCC(c2ccccc2)S1. The molecule has 1 heterocycles. The molecule has 0 radical (unpaired) electrons. The Morgan fingerprint density at radius 2 is 1.70 bits per heavy atom. The van der Waals surface area contributed by atoms with Crippen LogP contribution in [0, 0.1) is 11.6 Å². The first kappa shape index (κ1) is 13.1. The Bertz CT molecular complexity index is 623. The monoisotopic (exact) mass is 290 g/mol. The normalized spacial score (nSPS) is 17.9. The highest BCUT2D eigenvalue weighted by molar-refractivity contribution is 8.14. The van der Waals surface area contributed by atoms with E-state index >= 15 is 0 Å². The van der Waals surface area contributed by atoms with Gasteiger partial charge in [-0.3, -0.25) is 4.99 Å². The largest absolute Gasteiger partial charge is 0.330 e. The van der Waals surface area contributed by atoms with Crippen molar-refractivity contribution < 1.29 is 8.78 Å². The van der Waals surface area contributed by atoms with Gasteiger partial charge in [0.05, 0.1) is 11.8 Å². The Kier molecular flexibility index (Phi) is 3.69. The van der Waals surface area contributed by atoms with Gasteiger partial charge in [0.1, 0.15) is 17.3 Å². The molecule has 1 aliphatic heterocycles. The molecule has 2 aromatic rings. The number of aliphatic imine (C=N–C) groups is 1. The van der Waals surface area contributed by atoms with Crippen LogP contribution in [0.4, 0.5) is 14.5 Å². The number of hydrogen-bond acceptors (Lipinski definition) is 3. The molecule has 3 rings (SSSR count). The molecule has 1 unspecified atom stereocenters. The molecule has 0 aliphatic carbocycles. The lowest BCUT2D eigenvalue weighted by Crippen LogP contribution is -2.08. The first-order valence-electron chi connectivity index (χ1n) is 6.21. The summed E-state index contributed by atoms with van der Waals surface area (Å²) in [5.41, 5.74) is 1.01. The van der Waals surface area contributed by atoms with Gasteiger partial charge in [0.15, 0.2) is 5.17 Å². The summed E-state index contributed by atoms with van der Waals surface area (Å²) in [6.45, 7) is 0.604. The Morgan fingerprint density at radius 1 is 1.00 bits per heavy atom. The zero-order valence-electron chi connectivity index (χ0n) is 10.5. The fourth-order valence-corrected chi connectivity index (χ4v) is 3.03. The maximum absolute atomic E-state index is 13.6. The van der Waals surface area contributed by atoms with Crippen LogP contribution in [0.3, 0.4) is 0 Å². The minimum absolute atomic E-state index is 0.146. The predicted molar refractivity (Wildman–Crippen MR) is 79.1 cm³/mol. The average molecular weight is 290 g/mol. The van der Waals surface area contributed by atoms with Gasteiger partial charge < -0.3 is 5.32 Å². The highest BCUT2D eigenvalue weighted by Crippen LogP contribution is 2.35. The third-order valence-corrected chi connectivity index (χ3v) is 4.18. The van der Waals surface area contributed by atoms with Crippen LogP contribution in [-0.4, -0.2) is 11.7 Å². The standard InChI is InChI=1S/C15H12F2N2S/c16-11-7-4-8-12(17)14(11)19-15-18-9-13(20-15)10-5-2-1-3-6-10/h1-8,13H,9H2,(H,18,19). The van der Waals surface area contributed by atoms with E-state index in [0.717, 1.165) is 5.56 Å². The van der Waals surface area contributed by atoms with Gasteiger partial charge >= 0.3 is 0 Å². The van der Waals surface area contributed by atoms with E-state index in [1.807, 2.05) is 30.3 Å². The Balaban J connectivity index is 1.72. The number of para-hydroxylation sites is 1. The summed E-state index contributed by atoms with van der Waals surface area (Å²) < 4.78 is 27.1. The van der Waals surface area contributed by atoms with Gasteiger partial charge in [0.2, 0.25) is 0 Å². The third kappa shape index (κ3) is 2.67. The molecule has 0 saturated heterocycles. The summed E-state index contributed by atoms with van der Waals surface area (Å²) in [5, 5.41) is 3.47. The molecule has 1 atom stereocenters. The molecule has 1 N–H and O–H groups in total. The lowest BCUT2D eigenvalue weighted by Gasteiger charge is -2.10. The number of amidine groups is 1.